The number of carbonyl (C=O) groups is 3. The number of benzene rings is 1. The molecule has 1 aliphatic carbocycles. The zero-order valence-corrected chi connectivity index (χ0v) is 19.2. The zero-order valence-electron chi connectivity index (χ0n) is 19.2. The van der Waals surface area contributed by atoms with Gasteiger partial charge in [-0.2, -0.15) is 0 Å². The maximum absolute atomic E-state index is 13.0. The lowest BCUT2D eigenvalue weighted by molar-refractivity contribution is -0.141. The maximum Gasteiger partial charge on any atom is 0.303 e. The molecule has 0 unspecified atom stereocenters. The number of nitrogens with two attached hydrogens (primary N) is 1. The van der Waals surface area contributed by atoms with Crippen molar-refractivity contribution in [3.05, 3.63) is 35.9 Å². The third-order valence-electron chi connectivity index (χ3n) is 6.13. The highest BCUT2D eigenvalue weighted by Crippen LogP contribution is 2.42. The number of hydrogen-bond acceptors (Lipinski definition) is 4. The summed E-state index contributed by atoms with van der Waals surface area (Å²) >= 11 is 0. The van der Waals surface area contributed by atoms with Crippen molar-refractivity contribution >= 4 is 23.7 Å². The van der Waals surface area contributed by atoms with Gasteiger partial charge in [-0.25, -0.2) is 0 Å². The van der Waals surface area contributed by atoms with Crippen molar-refractivity contribution in [2.45, 2.75) is 70.3 Å². The predicted molar refractivity (Wildman–Crippen MR) is 127 cm³/mol. The van der Waals surface area contributed by atoms with Crippen LogP contribution < -0.4 is 21.7 Å². The Kier molecular flexibility index (Phi) is 10.7. The molecule has 182 valence electrons. The first-order chi connectivity index (χ1) is 15.8. The Hall–Kier alpha value is -3.10. The summed E-state index contributed by atoms with van der Waals surface area (Å²) in [7, 11) is 0. The molecule has 0 bridgehead atoms. The summed E-state index contributed by atoms with van der Waals surface area (Å²) in [4.78, 5) is 37.3. The van der Waals surface area contributed by atoms with Crippen molar-refractivity contribution in [2.24, 2.45) is 11.1 Å². The standard InChI is InChI=1S/C24H37N5O4/c25-23(26)28-14-8-7-13-27-22(33)19(15-18-9-3-1-4-10-18)29-20(30)16-24(17-21(31)32)11-5-2-6-12-24/h1,3-4,9-10,19H,2,5-8,11-17H2,(H,27,33)(H,29,30)(H,31,32)(H4,25,26,28)/t19-/m0/s1. The fourth-order valence-electron chi connectivity index (χ4n) is 4.49. The average molecular weight is 460 g/mol. The van der Waals surface area contributed by atoms with Gasteiger partial charge in [0.05, 0.1) is 6.42 Å². The lowest BCUT2D eigenvalue weighted by atomic mass is 9.69. The fraction of sp³-hybridized carbons (Fsp3) is 0.583. The van der Waals surface area contributed by atoms with Crippen molar-refractivity contribution in [1.82, 2.24) is 16.0 Å². The van der Waals surface area contributed by atoms with E-state index in [0.29, 0.717) is 25.9 Å². The predicted octanol–water partition coefficient (Wildman–Crippen LogP) is 1.91. The molecule has 2 amide bonds. The Bertz CT molecular complexity index is 793. The van der Waals surface area contributed by atoms with E-state index in [2.05, 4.69) is 16.0 Å². The molecule has 1 atom stereocenters. The molecular weight excluding hydrogens is 422 g/mol. The number of nitrogens with one attached hydrogen (secondary N) is 4. The average Bonchev–Trinajstić information content (AvgIpc) is 2.76. The highest BCUT2D eigenvalue weighted by atomic mass is 16.4. The Morgan fingerprint density at radius 3 is 2.24 bits per heavy atom. The van der Waals surface area contributed by atoms with Crippen molar-refractivity contribution in [1.29, 1.82) is 5.41 Å². The van der Waals surface area contributed by atoms with Crippen LogP contribution in [0.25, 0.3) is 0 Å². The van der Waals surface area contributed by atoms with Crippen LogP contribution in [0.1, 0.15) is 63.4 Å². The van der Waals surface area contributed by atoms with E-state index in [-0.39, 0.29) is 30.6 Å². The van der Waals surface area contributed by atoms with Crippen LogP contribution in [0.3, 0.4) is 0 Å². The van der Waals surface area contributed by atoms with E-state index in [1.165, 1.54) is 0 Å². The third kappa shape index (κ3) is 9.93. The summed E-state index contributed by atoms with van der Waals surface area (Å²) < 4.78 is 0. The van der Waals surface area contributed by atoms with E-state index in [1.807, 2.05) is 30.3 Å². The molecule has 1 fully saturated rings. The van der Waals surface area contributed by atoms with E-state index in [9.17, 15) is 19.5 Å². The monoisotopic (exact) mass is 459 g/mol. The van der Waals surface area contributed by atoms with Crippen molar-refractivity contribution in [3.8, 4) is 0 Å². The molecule has 9 nitrogen and oxygen atoms in total. The van der Waals surface area contributed by atoms with E-state index in [0.717, 1.165) is 44.1 Å². The topological polar surface area (TPSA) is 157 Å². The van der Waals surface area contributed by atoms with Gasteiger partial charge in [-0.15, -0.1) is 0 Å². The van der Waals surface area contributed by atoms with Crippen LogP contribution in [0.4, 0.5) is 0 Å². The van der Waals surface area contributed by atoms with Crippen LogP contribution in [0.15, 0.2) is 30.3 Å². The Morgan fingerprint density at radius 1 is 1.00 bits per heavy atom. The number of hydrogen-bond donors (Lipinski definition) is 6. The quantitative estimate of drug-likeness (QED) is 0.150. The Morgan fingerprint density at radius 2 is 1.64 bits per heavy atom. The normalized spacial score (nSPS) is 15.8. The van der Waals surface area contributed by atoms with Crippen LogP contribution in [0.2, 0.25) is 0 Å². The molecule has 0 spiro atoms. The molecule has 2 rings (SSSR count). The number of carboxylic acids is 1. The van der Waals surface area contributed by atoms with Crippen LogP contribution in [-0.2, 0) is 20.8 Å². The summed E-state index contributed by atoms with van der Waals surface area (Å²) in [5.74, 6) is -1.51. The number of guanidine groups is 1. The van der Waals surface area contributed by atoms with Gasteiger partial charge >= 0.3 is 5.97 Å². The number of carboxylic acid groups (broad SMARTS) is 1. The molecule has 1 aliphatic rings. The van der Waals surface area contributed by atoms with Gasteiger partial charge in [-0.3, -0.25) is 19.8 Å². The van der Waals surface area contributed by atoms with Crippen molar-refractivity contribution < 1.29 is 19.5 Å². The van der Waals surface area contributed by atoms with E-state index in [4.69, 9.17) is 11.1 Å². The van der Waals surface area contributed by atoms with Crippen LogP contribution in [-0.4, -0.2) is 48.0 Å². The third-order valence-corrected chi connectivity index (χ3v) is 6.13. The number of aliphatic carboxylic acids is 1. The maximum atomic E-state index is 13.0. The first-order valence-electron chi connectivity index (χ1n) is 11.7. The van der Waals surface area contributed by atoms with Crippen molar-refractivity contribution in [3.63, 3.8) is 0 Å². The summed E-state index contributed by atoms with van der Waals surface area (Å²) in [5.41, 5.74) is 5.64. The molecule has 0 radical (unpaired) electrons. The number of unbranched alkanes of at least 4 members (excludes halogenated alkanes) is 1. The minimum atomic E-state index is -0.887. The smallest absolute Gasteiger partial charge is 0.303 e. The first kappa shape index (κ1) is 26.2. The second kappa shape index (κ2) is 13.4. The summed E-state index contributed by atoms with van der Waals surface area (Å²) in [6.45, 7) is 1.00. The lowest BCUT2D eigenvalue weighted by Crippen LogP contribution is -2.49. The van der Waals surface area contributed by atoms with E-state index >= 15 is 0 Å². The highest BCUT2D eigenvalue weighted by Gasteiger charge is 2.37. The minimum absolute atomic E-state index is 0.0235. The number of amides is 2. The van der Waals surface area contributed by atoms with Gasteiger partial charge in [-0.1, -0.05) is 49.6 Å². The second-order valence-corrected chi connectivity index (χ2v) is 8.96. The number of carbonyl (C=O) groups excluding carboxylic acids is 2. The summed E-state index contributed by atoms with van der Waals surface area (Å²) in [6.07, 6.45) is 6.25. The van der Waals surface area contributed by atoms with E-state index < -0.39 is 17.4 Å². The minimum Gasteiger partial charge on any atom is -0.481 e. The molecular formula is C24H37N5O4. The summed E-state index contributed by atoms with van der Waals surface area (Å²) in [6, 6.07) is 8.75. The summed E-state index contributed by atoms with van der Waals surface area (Å²) in [5, 5.41) is 25.0. The van der Waals surface area contributed by atoms with Gasteiger partial charge in [0, 0.05) is 25.9 Å². The molecule has 1 aromatic rings. The van der Waals surface area contributed by atoms with Gasteiger partial charge in [0.25, 0.3) is 0 Å². The molecule has 0 aliphatic heterocycles. The molecule has 7 N–H and O–H groups in total. The molecule has 9 heteroatoms. The largest absolute Gasteiger partial charge is 0.481 e. The fourth-order valence-corrected chi connectivity index (χ4v) is 4.49. The second-order valence-electron chi connectivity index (χ2n) is 8.96. The van der Waals surface area contributed by atoms with Gasteiger partial charge in [0.15, 0.2) is 5.96 Å². The van der Waals surface area contributed by atoms with Gasteiger partial charge in [0.2, 0.25) is 11.8 Å². The van der Waals surface area contributed by atoms with E-state index in [1.54, 1.807) is 0 Å². The molecule has 33 heavy (non-hydrogen) atoms. The molecule has 0 heterocycles. The SMILES string of the molecule is N=C(N)NCCCCNC(=O)[C@H](Cc1ccccc1)NC(=O)CC1(CC(=O)O)CCCCC1. The van der Waals surface area contributed by atoms with Crippen LogP contribution in [0.5, 0.6) is 0 Å². The molecule has 1 aromatic carbocycles. The Labute approximate surface area is 195 Å². The lowest BCUT2D eigenvalue weighted by Gasteiger charge is -2.36. The Balaban J connectivity index is 1.97. The molecule has 0 saturated heterocycles. The van der Waals surface area contributed by atoms with Gasteiger partial charge < -0.3 is 26.8 Å². The van der Waals surface area contributed by atoms with Crippen molar-refractivity contribution in [2.75, 3.05) is 13.1 Å². The van der Waals surface area contributed by atoms with Crippen LogP contribution >= 0.6 is 0 Å². The van der Waals surface area contributed by atoms with Gasteiger partial charge in [0.1, 0.15) is 6.04 Å². The first-order valence-corrected chi connectivity index (χ1v) is 11.7. The number of rotatable bonds is 13. The van der Waals surface area contributed by atoms with Crippen LogP contribution in [0, 0.1) is 10.8 Å². The molecule has 0 aromatic heterocycles. The highest BCUT2D eigenvalue weighted by molar-refractivity contribution is 5.88. The zero-order chi connectivity index (χ0) is 24.1. The van der Waals surface area contributed by atoms with Gasteiger partial charge in [-0.05, 0) is 36.7 Å². The molecule has 1 saturated carbocycles.